The number of alkyl halides is 1. The van der Waals surface area contributed by atoms with Crippen LogP contribution in [0.2, 0.25) is 0 Å². The Labute approximate surface area is 91.8 Å². The highest BCUT2D eigenvalue weighted by Crippen LogP contribution is 2.18. The molecule has 0 heterocycles. The van der Waals surface area contributed by atoms with Gasteiger partial charge in [-0.25, -0.2) is 8.42 Å². The lowest BCUT2D eigenvalue weighted by molar-refractivity contribution is 0.205. The molecule has 0 bridgehead atoms. The standard InChI is InChI=1S/C9H11BrO3S/c1-14(12,13)8-4-2-3-7(5-8)9(11)6-10/h2-5,9,11H,6H2,1H3. The summed E-state index contributed by atoms with van der Waals surface area (Å²) in [6.45, 7) is 0. The van der Waals surface area contributed by atoms with E-state index in [-0.39, 0.29) is 4.90 Å². The minimum absolute atomic E-state index is 0.231. The van der Waals surface area contributed by atoms with Gasteiger partial charge in [-0.2, -0.15) is 0 Å². The Morgan fingerprint density at radius 1 is 1.50 bits per heavy atom. The van der Waals surface area contributed by atoms with E-state index in [1.54, 1.807) is 12.1 Å². The van der Waals surface area contributed by atoms with Gasteiger partial charge in [-0.15, -0.1) is 0 Å². The first-order valence-electron chi connectivity index (χ1n) is 3.99. The zero-order chi connectivity index (χ0) is 10.8. The second-order valence-corrected chi connectivity index (χ2v) is 5.68. The highest BCUT2D eigenvalue weighted by Gasteiger charge is 2.10. The first-order chi connectivity index (χ1) is 6.45. The topological polar surface area (TPSA) is 54.4 Å². The maximum Gasteiger partial charge on any atom is 0.175 e. The van der Waals surface area contributed by atoms with Crippen LogP contribution in [0.4, 0.5) is 0 Å². The van der Waals surface area contributed by atoms with E-state index in [2.05, 4.69) is 15.9 Å². The number of aliphatic hydroxyl groups is 1. The summed E-state index contributed by atoms with van der Waals surface area (Å²) in [5, 5.41) is 9.87. The molecular weight excluding hydrogens is 268 g/mol. The van der Waals surface area contributed by atoms with Gasteiger partial charge in [0.1, 0.15) is 0 Å². The van der Waals surface area contributed by atoms with E-state index in [0.29, 0.717) is 10.9 Å². The number of sulfone groups is 1. The fourth-order valence-corrected chi connectivity index (χ4v) is 2.09. The summed E-state index contributed by atoms with van der Waals surface area (Å²) >= 11 is 3.13. The molecule has 0 spiro atoms. The number of aliphatic hydroxyl groups excluding tert-OH is 1. The van der Waals surface area contributed by atoms with E-state index in [1.807, 2.05) is 0 Å². The Balaban J connectivity index is 3.14. The van der Waals surface area contributed by atoms with E-state index in [9.17, 15) is 13.5 Å². The van der Waals surface area contributed by atoms with Crippen molar-refractivity contribution in [1.29, 1.82) is 0 Å². The third kappa shape index (κ3) is 2.80. The number of rotatable bonds is 3. The van der Waals surface area contributed by atoms with Crippen LogP contribution in [0.25, 0.3) is 0 Å². The van der Waals surface area contributed by atoms with Crippen molar-refractivity contribution in [2.45, 2.75) is 11.0 Å². The third-order valence-electron chi connectivity index (χ3n) is 1.82. The van der Waals surface area contributed by atoms with Gasteiger partial charge in [0.25, 0.3) is 0 Å². The van der Waals surface area contributed by atoms with Crippen molar-refractivity contribution in [2.75, 3.05) is 11.6 Å². The third-order valence-corrected chi connectivity index (χ3v) is 3.54. The highest BCUT2D eigenvalue weighted by molar-refractivity contribution is 9.09. The maximum atomic E-state index is 11.2. The molecule has 14 heavy (non-hydrogen) atoms. The fourth-order valence-electron chi connectivity index (χ4n) is 1.04. The van der Waals surface area contributed by atoms with Crippen LogP contribution in [0, 0.1) is 0 Å². The molecular formula is C9H11BrO3S. The van der Waals surface area contributed by atoms with Gasteiger partial charge in [-0.05, 0) is 17.7 Å². The molecule has 0 aliphatic rings. The first-order valence-corrected chi connectivity index (χ1v) is 7.00. The molecule has 3 nitrogen and oxygen atoms in total. The van der Waals surface area contributed by atoms with Crippen molar-refractivity contribution >= 4 is 25.8 Å². The number of hydrogen-bond donors (Lipinski definition) is 1. The monoisotopic (exact) mass is 278 g/mol. The molecule has 1 rings (SSSR count). The zero-order valence-corrected chi connectivity index (χ0v) is 10.0. The summed E-state index contributed by atoms with van der Waals surface area (Å²) in [5.74, 6) is 0. The Morgan fingerprint density at radius 2 is 2.14 bits per heavy atom. The minimum Gasteiger partial charge on any atom is -0.388 e. The van der Waals surface area contributed by atoms with E-state index < -0.39 is 15.9 Å². The van der Waals surface area contributed by atoms with Crippen LogP contribution in [0.1, 0.15) is 11.7 Å². The maximum absolute atomic E-state index is 11.2. The smallest absolute Gasteiger partial charge is 0.175 e. The second kappa shape index (κ2) is 4.42. The molecule has 1 aromatic carbocycles. The summed E-state index contributed by atoms with van der Waals surface area (Å²) in [6.07, 6.45) is 0.476. The van der Waals surface area contributed by atoms with Crippen molar-refractivity contribution in [3.05, 3.63) is 29.8 Å². The van der Waals surface area contributed by atoms with Gasteiger partial charge < -0.3 is 5.11 Å². The summed E-state index contributed by atoms with van der Waals surface area (Å²) in [5.41, 5.74) is 0.602. The Bertz CT molecular complexity index is 414. The lowest BCUT2D eigenvalue weighted by Gasteiger charge is -2.08. The average molecular weight is 279 g/mol. The van der Waals surface area contributed by atoms with Crippen molar-refractivity contribution in [1.82, 2.24) is 0 Å². The quantitative estimate of drug-likeness (QED) is 0.853. The Morgan fingerprint density at radius 3 is 2.64 bits per heavy atom. The first kappa shape index (κ1) is 11.7. The van der Waals surface area contributed by atoms with Crippen molar-refractivity contribution < 1.29 is 13.5 Å². The van der Waals surface area contributed by atoms with Gasteiger partial charge in [0, 0.05) is 11.6 Å². The van der Waals surface area contributed by atoms with Crippen LogP contribution in [0.15, 0.2) is 29.2 Å². The van der Waals surface area contributed by atoms with E-state index >= 15 is 0 Å². The predicted octanol–water partition coefficient (Wildman–Crippen LogP) is 1.52. The summed E-state index contributed by atoms with van der Waals surface area (Å²) < 4.78 is 22.4. The molecule has 1 N–H and O–H groups in total. The van der Waals surface area contributed by atoms with Crippen LogP contribution in [-0.4, -0.2) is 25.1 Å². The molecule has 5 heteroatoms. The molecule has 1 unspecified atom stereocenters. The molecule has 0 radical (unpaired) electrons. The lowest BCUT2D eigenvalue weighted by Crippen LogP contribution is -2.02. The molecule has 78 valence electrons. The summed E-state index contributed by atoms with van der Waals surface area (Å²) in [7, 11) is -3.19. The summed E-state index contributed by atoms with van der Waals surface area (Å²) in [6, 6.07) is 6.32. The van der Waals surface area contributed by atoms with Crippen LogP contribution in [0.5, 0.6) is 0 Å². The molecule has 0 aliphatic carbocycles. The van der Waals surface area contributed by atoms with Crippen molar-refractivity contribution in [2.24, 2.45) is 0 Å². The van der Waals surface area contributed by atoms with Crippen LogP contribution in [0.3, 0.4) is 0 Å². The Hall–Kier alpha value is -0.390. The van der Waals surface area contributed by atoms with Gasteiger partial charge in [-0.3, -0.25) is 0 Å². The van der Waals surface area contributed by atoms with Crippen LogP contribution >= 0.6 is 15.9 Å². The normalized spacial score (nSPS) is 13.9. The number of benzene rings is 1. The molecule has 0 aliphatic heterocycles. The second-order valence-electron chi connectivity index (χ2n) is 3.01. The predicted molar refractivity (Wildman–Crippen MR) is 58.3 cm³/mol. The van der Waals surface area contributed by atoms with Crippen LogP contribution in [-0.2, 0) is 9.84 Å². The molecule has 0 fully saturated rings. The zero-order valence-electron chi connectivity index (χ0n) is 7.64. The molecule has 0 saturated carbocycles. The number of halogens is 1. The highest BCUT2D eigenvalue weighted by atomic mass is 79.9. The van der Waals surface area contributed by atoms with E-state index in [4.69, 9.17) is 0 Å². The molecule has 0 saturated heterocycles. The van der Waals surface area contributed by atoms with Crippen molar-refractivity contribution in [3.63, 3.8) is 0 Å². The largest absolute Gasteiger partial charge is 0.388 e. The summed E-state index contributed by atoms with van der Waals surface area (Å²) in [4.78, 5) is 0.231. The van der Waals surface area contributed by atoms with Crippen molar-refractivity contribution in [3.8, 4) is 0 Å². The molecule has 1 atom stereocenters. The van der Waals surface area contributed by atoms with Gasteiger partial charge in [-0.1, -0.05) is 28.1 Å². The number of hydrogen-bond acceptors (Lipinski definition) is 3. The fraction of sp³-hybridized carbons (Fsp3) is 0.333. The van der Waals surface area contributed by atoms with Crippen LogP contribution < -0.4 is 0 Å². The Kier molecular flexibility index (Phi) is 3.69. The lowest BCUT2D eigenvalue weighted by atomic mass is 10.1. The van der Waals surface area contributed by atoms with E-state index in [0.717, 1.165) is 6.26 Å². The molecule has 1 aromatic rings. The van der Waals surface area contributed by atoms with Gasteiger partial charge >= 0.3 is 0 Å². The van der Waals surface area contributed by atoms with Gasteiger partial charge in [0.15, 0.2) is 9.84 Å². The molecule has 0 amide bonds. The average Bonchev–Trinajstić information content (AvgIpc) is 2.15. The minimum atomic E-state index is -3.19. The van der Waals surface area contributed by atoms with E-state index in [1.165, 1.54) is 12.1 Å². The van der Waals surface area contributed by atoms with Gasteiger partial charge in [0.2, 0.25) is 0 Å². The van der Waals surface area contributed by atoms with Gasteiger partial charge in [0.05, 0.1) is 11.0 Å². The molecule has 0 aromatic heterocycles. The SMILES string of the molecule is CS(=O)(=O)c1cccc(C(O)CBr)c1.